The summed E-state index contributed by atoms with van der Waals surface area (Å²) in [6.07, 6.45) is 3.59. The molecule has 0 aliphatic heterocycles. The van der Waals surface area contributed by atoms with E-state index in [4.69, 9.17) is 11.6 Å². The lowest BCUT2D eigenvalue weighted by molar-refractivity contribution is -0.125. The Bertz CT molecular complexity index is 407. The van der Waals surface area contributed by atoms with Crippen LogP contribution >= 0.6 is 22.9 Å². The monoisotopic (exact) mass is 255 g/mol. The van der Waals surface area contributed by atoms with Crippen molar-refractivity contribution < 1.29 is 4.79 Å². The number of halogens is 1. The van der Waals surface area contributed by atoms with Crippen molar-refractivity contribution in [2.24, 2.45) is 17.8 Å². The Morgan fingerprint density at radius 1 is 1.38 bits per heavy atom. The Kier molecular flexibility index (Phi) is 2.68. The molecule has 0 bridgehead atoms. The van der Waals surface area contributed by atoms with Crippen molar-refractivity contribution in [3.8, 4) is 0 Å². The van der Waals surface area contributed by atoms with Gasteiger partial charge in [-0.25, -0.2) is 0 Å². The van der Waals surface area contributed by atoms with Crippen molar-refractivity contribution in [3.63, 3.8) is 0 Å². The number of carbonyl (C=O) groups excluding carboxylic acids is 1. The van der Waals surface area contributed by atoms with Crippen LogP contribution in [0.4, 0.5) is 0 Å². The van der Waals surface area contributed by atoms with Gasteiger partial charge in [0.1, 0.15) is 0 Å². The van der Waals surface area contributed by atoms with Gasteiger partial charge in [0.25, 0.3) is 0 Å². The second-order valence-electron chi connectivity index (χ2n) is 4.85. The highest BCUT2D eigenvalue weighted by molar-refractivity contribution is 7.16. The lowest BCUT2D eigenvalue weighted by Gasteiger charge is -2.11. The quantitative estimate of drug-likeness (QED) is 0.884. The van der Waals surface area contributed by atoms with Gasteiger partial charge in [-0.1, -0.05) is 11.6 Å². The van der Waals surface area contributed by atoms with E-state index in [0.29, 0.717) is 6.54 Å². The number of rotatable bonds is 3. The molecule has 2 unspecified atom stereocenters. The molecule has 4 heteroatoms. The summed E-state index contributed by atoms with van der Waals surface area (Å²) in [5, 5.41) is 3.01. The fraction of sp³-hybridized carbons (Fsp3) is 0.583. The Labute approximate surface area is 104 Å². The minimum absolute atomic E-state index is 0.233. The molecule has 0 saturated heterocycles. The normalized spacial score (nSPS) is 31.2. The summed E-state index contributed by atoms with van der Waals surface area (Å²) in [7, 11) is 0. The smallest absolute Gasteiger partial charge is 0.223 e. The standard InChI is InChI=1S/C12H14ClNOS/c13-11-2-1-10(16-11)6-14-12(15)9-4-7-3-8(7)5-9/h1-2,7-9H,3-6H2,(H,14,15). The van der Waals surface area contributed by atoms with Gasteiger partial charge in [-0.2, -0.15) is 0 Å². The molecule has 2 saturated carbocycles. The third-order valence-electron chi connectivity index (χ3n) is 3.68. The van der Waals surface area contributed by atoms with E-state index in [1.165, 1.54) is 17.8 Å². The summed E-state index contributed by atoms with van der Waals surface area (Å²) in [5.74, 6) is 2.25. The number of hydrogen-bond donors (Lipinski definition) is 1. The third-order valence-corrected chi connectivity index (χ3v) is 4.91. The van der Waals surface area contributed by atoms with Crippen LogP contribution in [0.2, 0.25) is 4.34 Å². The second kappa shape index (κ2) is 4.04. The second-order valence-corrected chi connectivity index (χ2v) is 6.65. The Morgan fingerprint density at radius 3 is 2.75 bits per heavy atom. The van der Waals surface area contributed by atoms with Gasteiger partial charge in [-0.3, -0.25) is 4.79 Å². The maximum atomic E-state index is 11.9. The van der Waals surface area contributed by atoms with Crippen molar-refractivity contribution >= 4 is 28.8 Å². The van der Waals surface area contributed by atoms with E-state index in [9.17, 15) is 4.79 Å². The van der Waals surface area contributed by atoms with Gasteiger partial charge >= 0.3 is 0 Å². The lowest BCUT2D eigenvalue weighted by atomic mass is 10.0. The zero-order valence-electron chi connectivity index (χ0n) is 8.91. The molecule has 1 aromatic rings. The van der Waals surface area contributed by atoms with Gasteiger partial charge in [0.2, 0.25) is 5.91 Å². The summed E-state index contributed by atoms with van der Waals surface area (Å²) in [5.41, 5.74) is 0. The number of carbonyl (C=O) groups is 1. The summed E-state index contributed by atoms with van der Waals surface area (Å²) < 4.78 is 0.784. The molecule has 0 spiro atoms. The number of fused-ring (bicyclic) bond motifs is 1. The molecule has 0 radical (unpaired) electrons. The molecule has 0 aromatic carbocycles. The topological polar surface area (TPSA) is 29.1 Å². The average molecular weight is 256 g/mol. The zero-order valence-corrected chi connectivity index (χ0v) is 10.5. The van der Waals surface area contributed by atoms with E-state index in [0.717, 1.165) is 33.9 Å². The minimum atomic E-state index is 0.233. The third kappa shape index (κ3) is 2.11. The molecule has 2 aliphatic rings. The molecule has 1 amide bonds. The molecule has 16 heavy (non-hydrogen) atoms. The molecule has 2 fully saturated rings. The molecule has 1 aromatic heterocycles. The Balaban J connectivity index is 1.49. The highest BCUT2D eigenvalue weighted by Gasteiger charge is 2.47. The van der Waals surface area contributed by atoms with Crippen LogP contribution in [0.25, 0.3) is 0 Å². The molecular formula is C12H14ClNOS. The van der Waals surface area contributed by atoms with E-state index >= 15 is 0 Å². The molecular weight excluding hydrogens is 242 g/mol. The molecule has 86 valence electrons. The average Bonchev–Trinajstić information content (AvgIpc) is 2.71. The first-order valence-corrected chi connectivity index (χ1v) is 6.94. The van der Waals surface area contributed by atoms with Gasteiger partial charge < -0.3 is 5.32 Å². The fourth-order valence-corrected chi connectivity index (χ4v) is 3.72. The minimum Gasteiger partial charge on any atom is -0.351 e. The van der Waals surface area contributed by atoms with Crippen LogP contribution in [-0.4, -0.2) is 5.91 Å². The molecule has 2 nitrogen and oxygen atoms in total. The number of nitrogens with one attached hydrogen (secondary N) is 1. The van der Waals surface area contributed by atoms with Crippen LogP contribution in [-0.2, 0) is 11.3 Å². The summed E-state index contributed by atoms with van der Waals surface area (Å²) >= 11 is 7.37. The first kappa shape index (κ1) is 10.6. The summed E-state index contributed by atoms with van der Waals surface area (Å²) in [6.45, 7) is 0.627. The molecule has 3 rings (SSSR count). The van der Waals surface area contributed by atoms with E-state index in [1.807, 2.05) is 12.1 Å². The lowest BCUT2D eigenvalue weighted by Crippen LogP contribution is -2.29. The van der Waals surface area contributed by atoms with E-state index < -0.39 is 0 Å². The number of thiophene rings is 1. The highest BCUT2D eigenvalue weighted by atomic mass is 35.5. The molecule has 2 atom stereocenters. The van der Waals surface area contributed by atoms with Gasteiger partial charge in [-0.05, 0) is 43.2 Å². The van der Waals surface area contributed by atoms with Gasteiger partial charge in [0.15, 0.2) is 0 Å². The first-order chi connectivity index (χ1) is 7.72. The fourth-order valence-electron chi connectivity index (χ4n) is 2.69. The van der Waals surface area contributed by atoms with Crippen LogP contribution in [0.5, 0.6) is 0 Å². The molecule has 2 aliphatic carbocycles. The van der Waals surface area contributed by atoms with Crippen LogP contribution < -0.4 is 5.32 Å². The Hall–Kier alpha value is -0.540. The maximum absolute atomic E-state index is 11.9. The van der Waals surface area contributed by atoms with Gasteiger partial charge in [0.05, 0.1) is 10.9 Å². The first-order valence-electron chi connectivity index (χ1n) is 5.74. The van der Waals surface area contributed by atoms with Crippen LogP contribution in [0.1, 0.15) is 24.1 Å². The maximum Gasteiger partial charge on any atom is 0.223 e. The predicted molar refractivity (Wildman–Crippen MR) is 65.5 cm³/mol. The zero-order chi connectivity index (χ0) is 11.1. The van der Waals surface area contributed by atoms with Crippen LogP contribution in [0.3, 0.4) is 0 Å². The van der Waals surface area contributed by atoms with Crippen LogP contribution in [0.15, 0.2) is 12.1 Å². The van der Waals surface area contributed by atoms with Gasteiger partial charge in [-0.15, -0.1) is 11.3 Å². The van der Waals surface area contributed by atoms with Crippen LogP contribution in [0, 0.1) is 17.8 Å². The molecule has 1 heterocycles. The predicted octanol–water partition coefficient (Wildman–Crippen LogP) is 3.06. The van der Waals surface area contributed by atoms with Gasteiger partial charge in [0, 0.05) is 10.8 Å². The largest absolute Gasteiger partial charge is 0.351 e. The van der Waals surface area contributed by atoms with E-state index in [1.54, 1.807) is 0 Å². The van der Waals surface area contributed by atoms with Crippen molar-refractivity contribution in [2.75, 3.05) is 0 Å². The SMILES string of the molecule is O=C(NCc1ccc(Cl)s1)C1CC2CC2C1. The Morgan fingerprint density at radius 2 is 2.12 bits per heavy atom. The van der Waals surface area contributed by atoms with Crippen molar-refractivity contribution in [1.82, 2.24) is 5.32 Å². The van der Waals surface area contributed by atoms with Crippen molar-refractivity contribution in [3.05, 3.63) is 21.3 Å². The van der Waals surface area contributed by atoms with Crippen molar-refractivity contribution in [2.45, 2.75) is 25.8 Å². The van der Waals surface area contributed by atoms with E-state index in [-0.39, 0.29) is 11.8 Å². The highest BCUT2D eigenvalue weighted by Crippen LogP contribution is 2.54. The number of hydrogen-bond acceptors (Lipinski definition) is 2. The number of amides is 1. The summed E-state index contributed by atoms with van der Waals surface area (Å²) in [6, 6.07) is 3.85. The van der Waals surface area contributed by atoms with Crippen molar-refractivity contribution in [1.29, 1.82) is 0 Å². The molecule has 1 N–H and O–H groups in total. The van der Waals surface area contributed by atoms with E-state index in [2.05, 4.69) is 5.32 Å². The summed E-state index contributed by atoms with van der Waals surface area (Å²) in [4.78, 5) is 13.0.